The van der Waals surface area contributed by atoms with E-state index in [0.29, 0.717) is 11.7 Å². The second kappa shape index (κ2) is 5.88. The molecular weight excluding hydrogens is 248 g/mol. The Morgan fingerprint density at radius 2 is 2.06 bits per heavy atom. The molecule has 18 heavy (non-hydrogen) atoms. The molecule has 0 atom stereocenters. The Morgan fingerprint density at radius 3 is 2.56 bits per heavy atom. The summed E-state index contributed by atoms with van der Waals surface area (Å²) in [5.74, 6) is 0. The summed E-state index contributed by atoms with van der Waals surface area (Å²) >= 11 is 4.22. The van der Waals surface area contributed by atoms with Gasteiger partial charge in [0, 0.05) is 24.5 Å². The minimum absolute atomic E-state index is 0.155. The van der Waals surface area contributed by atoms with Gasteiger partial charge >= 0.3 is 0 Å². The molecule has 0 aliphatic carbocycles. The molecule has 0 radical (unpaired) electrons. The van der Waals surface area contributed by atoms with Gasteiger partial charge in [-0.2, -0.15) is 0 Å². The molecule has 2 aromatic rings. The number of aliphatic hydroxyl groups is 1. The maximum absolute atomic E-state index is 9.00. The molecule has 0 saturated carbocycles. The van der Waals surface area contributed by atoms with Crippen LogP contribution >= 0.6 is 12.6 Å². The monoisotopic (exact) mass is 264 g/mol. The predicted molar refractivity (Wildman–Crippen MR) is 73.6 cm³/mol. The van der Waals surface area contributed by atoms with Crippen molar-refractivity contribution in [2.24, 2.45) is 0 Å². The van der Waals surface area contributed by atoms with E-state index in [2.05, 4.69) is 34.6 Å². The second-order valence-electron chi connectivity index (χ2n) is 3.82. The van der Waals surface area contributed by atoms with Crippen LogP contribution in [0.2, 0.25) is 0 Å². The third-order valence-corrected chi connectivity index (χ3v) is 3.08. The van der Waals surface area contributed by atoms with Crippen molar-refractivity contribution >= 4 is 18.3 Å². The molecular formula is C12H16N4OS. The van der Waals surface area contributed by atoms with Crippen molar-refractivity contribution in [1.82, 2.24) is 14.8 Å². The first-order chi connectivity index (χ1) is 8.76. The van der Waals surface area contributed by atoms with Gasteiger partial charge in [-0.1, -0.05) is 0 Å². The van der Waals surface area contributed by atoms with Gasteiger partial charge in [-0.05, 0) is 31.2 Å². The van der Waals surface area contributed by atoms with Gasteiger partial charge in [0.15, 0.2) is 5.16 Å². The largest absolute Gasteiger partial charge is 0.395 e. The standard InChI is InChI=1S/C12H16N4OS/c1-2-15(7-8-17)10-3-5-11(6-4-10)16-9-13-14-12(16)18/h3-6,9,17H,2,7-8H2,1H3,(H,14,18). The number of likely N-dealkylation sites (N-methyl/N-ethyl adjacent to an activating group) is 1. The summed E-state index contributed by atoms with van der Waals surface area (Å²) in [6.07, 6.45) is 1.63. The molecule has 1 aromatic heterocycles. The van der Waals surface area contributed by atoms with E-state index in [4.69, 9.17) is 5.11 Å². The number of hydrogen-bond acceptors (Lipinski definition) is 5. The number of thiol groups is 1. The lowest BCUT2D eigenvalue weighted by Gasteiger charge is -2.22. The summed E-state index contributed by atoms with van der Waals surface area (Å²) in [5, 5.41) is 17.2. The zero-order valence-electron chi connectivity index (χ0n) is 10.2. The average Bonchev–Trinajstić information content (AvgIpc) is 2.82. The molecule has 1 heterocycles. The molecule has 1 aromatic carbocycles. The van der Waals surface area contributed by atoms with Gasteiger partial charge in [-0.3, -0.25) is 4.57 Å². The number of aliphatic hydroxyl groups excluding tert-OH is 1. The Hall–Kier alpha value is -1.53. The smallest absolute Gasteiger partial charge is 0.192 e. The fourth-order valence-electron chi connectivity index (χ4n) is 1.83. The number of anilines is 1. The third kappa shape index (κ3) is 2.65. The van der Waals surface area contributed by atoms with E-state index in [1.807, 2.05) is 24.3 Å². The first-order valence-electron chi connectivity index (χ1n) is 5.81. The summed E-state index contributed by atoms with van der Waals surface area (Å²) in [6.45, 7) is 3.72. The Balaban J connectivity index is 2.22. The Kier molecular flexibility index (Phi) is 4.22. The molecule has 0 fully saturated rings. The Labute approximate surface area is 111 Å². The maximum atomic E-state index is 9.00. The Bertz CT molecular complexity index is 497. The zero-order chi connectivity index (χ0) is 13.0. The highest BCUT2D eigenvalue weighted by Crippen LogP contribution is 2.18. The normalized spacial score (nSPS) is 10.6. The van der Waals surface area contributed by atoms with Crippen molar-refractivity contribution in [3.63, 3.8) is 0 Å². The van der Waals surface area contributed by atoms with Crippen LogP contribution in [0, 0.1) is 0 Å². The lowest BCUT2D eigenvalue weighted by atomic mass is 10.2. The van der Waals surface area contributed by atoms with Gasteiger partial charge in [-0.25, -0.2) is 0 Å². The fraction of sp³-hybridized carbons (Fsp3) is 0.333. The van der Waals surface area contributed by atoms with Crippen molar-refractivity contribution in [3.05, 3.63) is 30.6 Å². The fourth-order valence-corrected chi connectivity index (χ4v) is 2.04. The molecule has 0 aliphatic heterocycles. The quantitative estimate of drug-likeness (QED) is 0.801. The molecule has 5 nitrogen and oxygen atoms in total. The molecule has 96 valence electrons. The zero-order valence-corrected chi connectivity index (χ0v) is 11.1. The first kappa shape index (κ1) is 12.9. The van der Waals surface area contributed by atoms with Gasteiger partial charge < -0.3 is 10.0 Å². The van der Waals surface area contributed by atoms with Crippen LogP contribution in [-0.2, 0) is 0 Å². The second-order valence-corrected chi connectivity index (χ2v) is 4.22. The van der Waals surface area contributed by atoms with Gasteiger partial charge in [-0.15, -0.1) is 22.8 Å². The minimum Gasteiger partial charge on any atom is -0.395 e. The number of hydrogen-bond donors (Lipinski definition) is 2. The van der Waals surface area contributed by atoms with Crippen molar-refractivity contribution in [1.29, 1.82) is 0 Å². The predicted octanol–water partition coefficient (Wildman–Crippen LogP) is 1.37. The van der Waals surface area contributed by atoms with E-state index in [9.17, 15) is 0 Å². The number of rotatable bonds is 5. The SMILES string of the molecule is CCN(CCO)c1ccc(-n2cnnc2S)cc1. The Morgan fingerprint density at radius 1 is 1.33 bits per heavy atom. The van der Waals surface area contributed by atoms with Crippen LogP contribution in [0.4, 0.5) is 5.69 Å². The molecule has 0 bridgehead atoms. The highest BCUT2D eigenvalue weighted by atomic mass is 32.1. The molecule has 2 rings (SSSR count). The van der Waals surface area contributed by atoms with Crippen LogP contribution in [0.1, 0.15) is 6.92 Å². The molecule has 0 aliphatic rings. The van der Waals surface area contributed by atoms with Crippen LogP contribution in [0.5, 0.6) is 0 Å². The summed E-state index contributed by atoms with van der Waals surface area (Å²) in [5.41, 5.74) is 2.05. The lowest BCUT2D eigenvalue weighted by Crippen LogP contribution is -2.25. The number of aromatic nitrogens is 3. The average molecular weight is 264 g/mol. The molecule has 1 N–H and O–H groups in total. The minimum atomic E-state index is 0.155. The van der Waals surface area contributed by atoms with Gasteiger partial charge in [0.05, 0.1) is 6.61 Å². The van der Waals surface area contributed by atoms with Crippen molar-refractivity contribution in [2.75, 3.05) is 24.6 Å². The third-order valence-electron chi connectivity index (χ3n) is 2.77. The van der Waals surface area contributed by atoms with Crippen molar-refractivity contribution in [3.8, 4) is 5.69 Å². The van der Waals surface area contributed by atoms with E-state index < -0.39 is 0 Å². The topological polar surface area (TPSA) is 54.2 Å². The van der Waals surface area contributed by atoms with Crippen LogP contribution in [0.15, 0.2) is 35.7 Å². The molecule has 0 spiro atoms. The molecule has 0 amide bonds. The molecule has 6 heteroatoms. The van der Waals surface area contributed by atoms with E-state index in [0.717, 1.165) is 17.9 Å². The van der Waals surface area contributed by atoms with Crippen molar-refractivity contribution in [2.45, 2.75) is 12.1 Å². The molecule has 0 unspecified atom stereocenters. The van der Waals surface area contributed by atoms with Gasteiger partial charge in [0.2, 0.25) is 0 Å². The first-order valence-corrected chi connectivity index (χ1v) is 6.26. The summed E-state index contributed by atoms with van der Waals surface area (Å²) in [4.78, 5) is 2.11. The van der Waals surface area contributed by atoms with E-state index in [-0.39, 0.29) is 6.61 Å². The summed E-state index contributed by atoms with van der Waals surface area (Å²) < 4.78 is 1.80. The summed E-state index contributed by atoms with van der Waals surface area (Å²) in [6, 6.07) is 8.00. The number of nitrogens with zero attached hydrogens (tertiary/aromatic N) is 4. The van der Waals surface area contributed by atoms with Crippen LogP contribution in [0.3, 0.4) is 0 Å². The van der Waals surface area contributed by atoms with Crippen LogP contribution < -0.4 is 4.90 Å². The van der Waals surface area contributed by atoms with E-state index in [1.165, 1.54) is 0 Å². The van der Waals surface area contributed by atoms with E-state index in [1.54, 1.807) is 10.9 Å². The lowest BCUT2D eigenvalue weighted by molar-refractivity contribution is 0.302. The van der Waals surface area contributed by atoms with Crippen LogP contribution in [-0.4, -0.2) is 39.6 Å². The van der Waals surface area contributed by atoms with Gasteiger partial charge in [0.25, 0.3) is 0 Å². The summed E-state index contributed by atoms with van der Waals surface area (Å²) in [7, 11) is 0. The maximum Gasteiger partial charge on any atom is 0.192 e. The molecule has 0 saturated heterocycles. The van der Waals surface area contributed by atoms with E-state index >= 15 is 0 Å². The number of benzene rings is 1. The highest BCUT2D eigenvalue weighted by Gasteiger charge is 2.05. The highest BCUT2D eigenvalue weighted by molar-refractivity contribution is 7.80. The van der Waals surface area contributed by atoms with Crippen molar-refractivity contribution < 1.29 is 5.11 Å². The van der Waals surface area contributed by atoms with Crippen LogP contribution in [0.25, 0.3) is 5.69 Å². The van der Waals surface area contributed by atoms with Gasteiger partial charge in [0.1, 0.15) is 6.33 Å².